The highest BCUT2D eigenvalue weighted by Gasteiger charge is 2.36. The summed E-state index contributed by atoms with van der Waals surface area (Å²) < 4.78 is 0. The van der Waals surface area contributed by atoms with Gasteiger partial charge in [-0.1, -0.05) is 47.7 Å². The summed E-state index contributed by atoms with van der Waals surface area (Å²) in [4.78, 5) is 25.3. The van der Waals surface area contributed by atoms with Crippen molar-refractivity contribution in [2.45, 2.75) is 0 Å². The molecule has 0 radical (unpaired) electrons. The third-order valence-electron chi connectivity index (χ3n) is 3.19. The minimum absolute atomic E-state index is 0.160. The third kappa shape index (κ3) is 2.42. The van der Waals surface area contributed by atoms with Crippen LogP contribution in [0.1, 0.15) is 15.9 Å². The van der Waals surface area contributed by atoms with Crippen molar-refractivity contribution in [1.29, 1.82) is 0 Å². The van der Waals surface area contributed by atoms with Crippen LogP contribution in [0.4, 0.5) is 5.69 Å². The Bertz CT molecular complexity index is 787. The number of hydrogen-bond acceptors (Lipinski definition) is 2. The normalized spacial score (nSPS) is 12.9. The van der Waals surface area contributed by atoms with Gasteiger partial charge in [-0.3, -0.25) is 14.5 Å². The van der Waals surface area contributed by atoms with E-state index in [-0.39, 0.29) is 12.1 Å². The van der Waals surface area contributed by atoms with Crippen LogP contribution in [0.15, 0.2) is 48.5 Å². The van der Waals surface area contributed by atoms with Crippen molar-refractivity contribution in [3.63, 3.8) is 0 Å². The highest BCUT2D eigenvalue weighted by molar-refractivity contribution is 6.55. The molecule has 21 heavy (non-hydrogen) atoms. The van der Waals surface area contributed by atoms with E-state index >= 15 is 0 Å². The molecule has 1 heterocycles. The fraction of sp³-hybridized carbons (Fsp3) is 0.0588. The highest BCUT2D eigenvalue weighted by Crippen LogP contribution is 2.33. The zero-order valence-corrected chi connectivity index (χ0v) is 11.7. The Morgan fingerprint density at radius 2 is 1.76 bits per heavy atom. The van der Waals surface area contributed by atoms with Crippen molar-refractivity contribution >= 4 is 29.0 Å². The van der Waals surface area contributed by atoms with E-state index in [1.807, 2.05) is 30.3 Å². The zero-order valence-electron chi connectivity index (χ0n) is 11.0. The molecule has 102 valence electrons. The van der Waals surface area contributed by atoms with E-state index in [0.717, 1.165) is 5.56 Å². The third-order valence-corrected chi connectivity index (χ3v) is 3.51. The fourth-order valence-electron chi connectivity index (χ4n) is 2.20. The van der Waals surface area contributed by atoms with Crippen LogP contribution in [0.5, 0.6) is 0 Å². The van der Waals surface area contributed by atoms with E-state index in [1.165, 1.54) is 4.90 Å². The highest BCUT2D eigenvalue weighted by atomic mass is 35.5. The summed E-state index contributed by atoms with van der Waals surface area (Å²) in [5, 5.41) is 0.296. The van der Waals surface area contributed by atoms with Gasteiger partial charge >= 0.3 is 0 Å². The largest absolute Gasteiger partial charge is 0.300 e. The molecule has 1 aliphatic rings. The Balaban J connectivity index is 1.88. The van der Waals surface area contributed by atoms with Gasteiger partial charge in [-0.25, -0.2) is 0 Å². The van der Waals surface area contributed by atoms with Crippen molar-refractivity contribution in [2.75, 3.05) is 11.4 Å². The number of amides is 1. The molecule has 2 aromatic rings. The number of nitrogens with zero attached hydrogens (tertiary/aromatic N) is 1. The summed E-state index contributed by atoms with van der Waals surface area (Å²) in [6.07, 6.45) is 0. The van der Waals surface area contributed by atoms with Gasteiger partial charge in [0.1, 0.15) is 0 Å². The van der Waals surface area contributed by atoms with E-state index < -0.39 is 11.7 Å². The molecule has 1 aliphatic heterocycles. The lowest BCUT2D eigenvalue weighted by atomic mass is 10.1. The van der Waals surface area contributed by atoms with E-state index in [4.69, 9.17) is 11.6 Å². The first kappa shape index (κ1) is 13.4. The van der Waals surface area contributed by atoms with Crippen LogP contribution in [-0.2, 0) is 4.79 Å². The average molecular weight is 296 g/mol. The lowest BCUT2D eigenvalue weighted by Crippen LogP contribution is -2.29. The topological polar surface area (TPSA) is 37.4 Å². The fourth-order valence-corrected chi connectivity index (χ4v) is 2.46. The molecule has 0 fully saturated rings. The van der Waals surface area contributed by atoms with Gasteiger partial charge in [0.15, 0.2) is 0 Å². The smallest absolute Gasteiger partial charge is 0.293 e. The molecule has 0 N–H and O–H groups in total. The molecule has 3 nitrogen and oxygen atoms in total. The maximum atomic E-state index is 12.0. The molecule has 2 aromatic carbocycles. The zero-order chi connectivity index (χ0) is 14.8. The monoisotopic (exact) mass is 295 g/mol. The molecule has 0 saturated heterocycles. The summed E-state index contributed by atoms with van der Waals surface area (Å²) in [5.74, 6) is 4.72. The Morgan fingerprint density at radius 3 is 2.52 bits per heavy atom. The Labute approximate surface area is 127 Å². The summed E-state index contributed by atoms with van der Waals surface area (Å²) in [6.45, 7) is 0.160. The van der Waals surface area contributed by atoms with E-state index in [2.05, 4.69) is 11.8 Å². The van der Waals surface area contributed by atoms with Crippen LogP contribution in [0.25, 0.3) is 0 Å². The first-order chi connectivity index (χ1) is 10.2. The summed E-state index contributed by atoms with van der Waals surface area (Å²) >= 11 is 5.99. The number of carbonyl (C=O) groups is 2. The Kier molecular flexibility index (Phi) is 3.47. The van der Waals surface area contributed by atoms with Gasteiger partial charge < -0.3 is 0 Å². The van der Waals surface area contributed by atoms with Gasteiger partial charge in [-0.15, -0.1) is 0 Å². The number of fused-ring (bicyclic) bond motifs is 1. The molecule has 0 aliphatic carbocycles. The quantitative estimate of drug-likeness (QED) is 0.599. The molecule has 3 rings (SSSR count). The second-order valence-corrected chi connectivity index (χ2v) is 4.93. The van der Waals surface area contributed by atoms with Crippen LogP contribution in [0, 0.1) is 11.8 Å². The van der Waals surface area contributed by atoms with Crippen LogP contribution >= 0.6 is 11.6 Å². The van der Waals surface area contributed by atoms with Crippen LogP contribution in [0.3, 0.4) is 0 Å². The van der Waals surface area contributed by atoms with Crippen LogP contribution in [-0.4, -0.2) is 18.2 Å². The molecule has 0 spiro atoms. The molecule has 0 aromatic heterocycles. The lowest BCUT2D eigenvalue weighted by molar-refractivity contribution is -0.114. The predicted octanol–water partition coefficient (Wildman–Crippen LogP) is 2.92. The van der Waals surface area contributed by atoms with E-state index in [1.54, 1.807) is 18.2 Å². The van der Waals surface area contributed by atoms with Crippen molar-refractivity contribution < 1.29 is 9.59 Å². The number of hydrogen-bond donors (Lipinski definition) is 0. The number of Topliss-reactive ketones (excluding diaryl/α,β-unsaturated/α-hetero) is 1. The number of ketones is 1. The number of rotatable bonds is 1. The Morgan fingerprint density at radius 1 is 1.00 bits per heavy atom. The van der Waals surface area contributed by atoms with Crippen molar-refractivity contribution in [1.82, 2.24) is 0 Å². The second kappa shape index (κ2) is 5.43. The van der Waals surface area contributed by atoms with Gasteiger partial charge in [-0.2, -0.15) is 0 Å². The second-order valence-electron chi connectivity index (χ2n) is 4.52. The lowest BCUT2D eigenvalue weighted by Gasteiger charge is -2.12. The van der Waals surface area contributed by atoms with Gasteiger partial charge in [0.2, 0.25) is 0 Å². The molecule has 0 saturated carbocycles. The first-order valence-electron chi connectivity index (χ1n) is 6.37. The number of benzene rings is 2. The van der Waals surface area contributed by atoms with Gasteiger partial charge in [0.25, 0.3) is 11.7 Å². The summed E-state index contributed by atoms with van der Waals surface area (Å²) in [6, 6.07) is 14.5. The summed E-state index contributed by atoms with van der Waals surface area (Å²) in [7, 11) is 0. The van der Waals surface area contributed by atoms with Gasteiger partial charge in [0, 0.05) is 5.56 Å². The predicted molar refractivity (Wildman–Crippen MR) is 81.5 cm³/mol. The molecule has 0 unspecified atom stereocenters. The average Bonchev–Trinajstić information content (AvgIpc) is 2.74. The molecule has 0 bridgehead atoms. The van der Waals surface area contributed by atoms with E-state index in [0.29, 0.717) is 10.7 Å². The van der Waals surface area contributed by atoms with Crippen LogP contribution in [0.2, 0.25) is 5.02 Å². The SMILES string of the molecule is O=C1C(=O)N(CC#Cc2ccccc2)c2cccc(Cl)c21. The van der Waals surface area contributed by atoms with Crippen molar-refractivity contribution in [3.05, 3.63) is 64.7 Å². The first-order valence-corrected chi connectivity index (χ1v) is 6.75. The molecule has 0 atom stereocenters. The minimum Gasteiger partial charge on any atom is -0.293 e. The standard InChI is InChI=1S/C17H10ClNO2/c18-13-9-4-10-14-15(13)16(20)17(21)19(14)11-5-8-12-6-2-1-3-7-12/h1-4,6-7,9-10H,11H2. The van der Waals surface area contributed by atoms with Crippen LogP contribution < -0.4 is 4.90 Å². The Hall–Kier alpha value is -2.57. The molecular formula is C17H10ClNO2. The number of carbonyl (C=O) groups excluding carboxylic acids is 2. The molecule has 4 heteroatoms. The summed E-state index contributed by atoms with van der Waals surface area (Å²) in [5.41, 5.74) is 1.66. The maximum absolute atomic E-state index is 12.0. The van der Waals surface area contributed by atoms with Crippen molar-refractivity contribution in [2.24, 2.45) is 0 Å². The minimum atomic E-state index is -0.583. The van der Waals surface area contributed by atoms with Crippen molar-refractivity contribution in [3.8, 4) is 11.8 Å². The molecule has 1 amide bonds. The number of anilines is 1. The maximum Gasteiger partial charge on any atom is 0.300 e. The van der Waals surface area contributed by atoms with Gasteiger partial charge in [0.05, 0.1) is 22.8 Å². The number of halogens is 1. The molecular weight excluding hydrogens is 286 g/mol. The van der Waals surface area contributed by atoms with Gasteiger partial charge in [-0.05, 0) is 24.3 Å². The van der Waals surface area contributed by atoms with E-state index in [9.17, 15) is 9.59 Å².